The van der Waals surface area contributed by atoms with Gasteiger partial charge in [0.2, 0.25) is 5.91 Å². The maximum atomic E-state index is 11.9. The summed E-state index contributed by atoms with van der Waals surface area (Å²) >= 11 is 0. The van der Waals surface area contributed by atoms with E-state index >= 15 is 0 Å². The molecule has 6 heteroatoms. The molecule has 1 amide bonds. The summed E-state index contributed by atoms with van der Waals surface area (Å²) in [5.74, 6) is 0.453. The van der Waals surface area contributed by atoms with Gasteiger partial charge in [-0.15, -0.1) is 24.8 Å². The molecule has 0 aromatic heterocycles. The van der Waals surface area contributed by atoms with Crippen LogP contribution in [0.3, 0.4) is 0 Å². The van der Waals surface area contributed by atoms with E-state index in [-0.39, 0.29) is 36.6 Å². The lowest BCUT2D eigenvalue weighted by molar-refractivity contribution is -0.125. The Morgan fingerprint density at radius 1 is 1.15 bits per heavy atom. The van der Waals surface area contributed by atoms with Gasteiger partial charge < -0.3 is 15.5 Å². The number of carbonyl (C=O) groups excluding carboxylic acids is 1. The van der Waals surface area contributed by atoms with E-state index in [2.05, 4.69) is 15.5 Å². The van der Waals surface area contributed by atoms with Gasteiger partial charge in [0.25, 0.3) is 0 Å². The molecule has 1 atom stereocenters. The number of likely N-dealkylation sites (tertiary alicyclic amines) is 1. The molecule has 0 aliphatic carbocycles. The van der Waals surface area contributed by atoms with Gasteiger partial charge in [-0.2, -0.15) is 0 Å². The summed E-state index contributed by atoms with van der Waals surface area (Å²) < 4.78 is 0. The molecule has 2 heterocycles. The smallest absolute Gasteiger partial charge is 0.224 e. The molecule has 0 radical (unpaired) electrons. The lowest BCUT2D eigenvalue weighted by Crippen LogP contribution is -2.41. The van der Waals surface area contributed by atoms with Crippen molar-refractivity contribution in [2.24, 2.45) is 5.92 Å². The normalized spacial score (nSPS) is 23.3. The highest BCUT2D eigenvalue weighted by atomic mass is 35.5. The van der Waals surface area contributed by atoms with Crippen LogP contribution in [-0.4, -0.2) is 50.1 Å². The van der Waals surface area contributed by atoms with E-state index in [4.69, 9.17) is 0 Å². The SMILES string of the molecule is Cl.Cl.O=C(NCCCN1CCCCC1)C1CCCNC1. The Hall–Kier alpha value is -0.0300. The number of amides is 1. The van der Waals surface area contributed by atoms with Crippen LogP contribution in [0.15, 0.2) is 0 Å². The molecule has 1 unspecified atom stereocenters. The molecule has 0 bridgehead atoms. The molecule has 0 spiro atoms. The Morgan fingerprint density at radius 3 is 2.55 bits per heavy atom. The molecule has 2 fully saturated rings. The van der Waals surface area contributed by atoms with Crippen molar-refractivity contribution in [3.63, 3.8) is 0 Å². The fourth-order valence-electron chi connectivity index (χ4n) is 2.92. The van der Waals surface area contributed by atoms with E-state index in [0.717, 1.165) is 45.4 Å². The average Bonchev–Trinajstić information content (AvgIpc) is 2.45. The van der Waals surface area contributed by atoms with Gasteiger partial charge in [-0.1, -0.05) is 6.42 Å². The summed E-state index contributed by atoms with van der Waals surface area (Å²) in [5.41, 5.74) is 0. The zero-order valence-electron chi connectivity index (χ0n) is 12.2. The molecule has 120 valence electrons. The number of hydrogen-bond donors (Lipinski definition) is 2. The number of halogens is 2. The molecule has 4 nitrogen and oxygen atoms in total. The summed E-state index contributed by atoms with van der Waals surface area (Å²) in [7, 11) is 0. The molecule has 0 aromatic rings. The minimum atomic E-state index is 0. The first-order chi connectivity index (χ1) is 8.86. The van der Waals surface area contributed by atoms with E-state index in [0.29, 0.717) is 0 Å². The molecular weight excluding hydrogens is 297 g/mol. The van der Waals surface area contributed by atoms with Crippen LogP contribution >= 0.6 is 24.8 Å². The first kappa shape index (κ1) is 20.0. The summed E-state index contributed by atoms with van der Waals surface area (Å²) in [5, 5.41) is 6.38. The van der Waals surface area contributed by atoms with Gasteiger partial charge in [0.05, 0.1) is 5.92 Å². The number of nitrogens with zero attached hydrogens (tertiary/aromatic N) is 1. The molecular formula is C14H29Cl2N3O. The largest absolute Gasteiger partial charge is 0.356 e. The van der Waals surface area contributed by atoms with E-state index in [9.17, 15) is 4.79 Å². The zero-order valence-corrected chi connectivity index (χ0v) is 13.9. The first-order valence-corrected chi connectivity index (χ1v) is 7.57. The number of rotatable bonds is 5. The summed E-state index contributed by atoms with van der Waals surface area (Å²) in [6, 6.07) is 0. The van der Waals surface area contributed by atoms with Crippen molar-refractivity contribution in [1.29, 1.82) is 0 Å². The van der Waals surface area contributed by atoms with Gasteiger partial charge in [-0.05, 0) is 58.3 Å². The number of carbonyl (C=O) groups is 1. The van der Waals surface area contributed by atoms with Gasteiger partial charge in [0, 0.05) is 13.1 Å². The van der Waals surface area contributed by atoms with Crippen LogP contribution in [0.5, 0.6) is 0 Å². The van der Waals surface area contributed by atoms with Crippen LogP contribution in [-0.2, 0) is 4.79 Å². The van der Waals surface area contributed by atoms with Crippen molar-refractivity contribution in [3.05, 3.63) is 0 Å². The standard InChI is InChI=1S/C14H27N3O.2ClH/c18-14(13-6-4-7-15-12-13)16-8-5-11-17-9-2-1-3-10-17;;/h13,15H,1-12H2,(H,16,18);2*1H. The fraction of sp³-hybridized carbons (Fsp3) is 0.929. The highest BCUT2D eigenvalue weighted by Crippen LogP contribution is 2.10. The molecule has 0 aromatic carbocycles. The molecule has 2 aliphatic heterocycles. The second-order valence-electron chi connectivity index (χ2n) is 5.59. The molecule has 2 rings (SSSR count). The van der Waals surface area contributed by atoms with Crippen molar-refractivity contribution in [2.75, 3.05) is 39.3 Å². The minimum Gasteiger partial charge on any atom is -0.356 e. The third-order valence-corrected chi connectivity index (χ3v) is 4.07. The lowest BCUT2D eigenvalue weighted by Gasteiger charge is -2.26. The average molecular weight is 326 g/mol. The maximum Gasteiger partial charge on any atom is 0.224 e. The van der Waals surface area contributed by atoms with E-state index in [1.165, 1.54) is 32.4 Å². The zero-order chi connectivity index (χ0) is 12.6. The van der Waals surface area contributed by atoms with Gasteiger partial charge >= 0.3 is 0 Å². The summed E-state index contributed by atoms with van der Waals surface area (Å²) in [6.45, 7) is 6.41. The molecule has 20 heavy (non-hydrogen) atoms. The Labute approximate surface area is 135 Å². The predicted octanol–water partition coefficient (Wildman–Crippen LogP) is 1.82. The molecule has 2 saturated heterocycles. The topological polar surface area (TPSA) is 44.4 Å². The van der Waals surface area contributed by atoms with E-state index in [1.54, 1.807) is 0 Å². The van der Waals surface area contributed by atoms with Crippen molar-refractivity contribution < 1.29 is 4.79 Å². The van der Waals surface area contributed by atoms with Gasteiger partial charge in [-0.25, -0.2) is 0 Å². The van der Waals surface area contributed by atoms with Crippen LogP contribution in [0.2, 0.25) is 0 Å². The Morgan fingerprint density at radius 2 is 1.90 bits per heavy atom. The second-order valence-corrected chi connectivity index (χ2v) is 5.59. The van der Waals surface area contributed by atoms with Crippen molar-refractivity contribution in [1.82, 2.24) is 15.5 Å². The minimum absolute atomic E-state index is 0. The third-order valence-electron chi connectivity index (χ3n) is 4.07. The van der Waals surface area contributed by atoms with E-state index < -0.39 is 0 Å². The molecule has 2 aliphatic rings. The van der Waals surface area contributed by atoms with Crippen LogP contribution < -0.4 is 10.6 Å². The number of piperidine rings is 2. The van der Waals surface area contributed by atoms with Crippen molar-refractivity contribution >= 4 is 30.7 Å². The highest BCUT2D eigenvalue weighted by molar-refractivity contribution is 5.85. The van der Waals surface area contributed by atoms with Gasteiger partial charge in [0.1, 0.15) is 0 Å². The van der Waals surface area contributed by atoms with Crippen LogP contribution in [0.4, 0.5) is 0 Å². The maximum absolute atomic E-state index is 11.9. The van der Waals surface area contributed by atoms with E-state index in [1.807, 2.05) is 0 Å². The monoisotopic (exact) mass is 325 g/mol. The summed E-state index contributed by atoms with van der Waals surface area (Å²) in [4.78, 5) is 14.4. The van der Waals surface area contributed by atoms with Gasteiger partial charge in [0.15, 0.2) is 0 Å². The van der Waals surface area contributed by atoms with Crippen molar-refractivity contribution in [2.45, 2.75) is 38.5 Å². The van der Waals surface area contributed by atoms with Crippen LogP contribution in [0, 0.1) is 5.92 Å². The quantitative estimate of drug-likeness (QED) is 0.758. The third kappa shape index (κ3) is 7.11. The van der Waals surface area contributed by atoms with Gasteiger partial charge in [-0.3, -0.25) is 4.79 Å². The Bertz CT molecular complexity index is 255. The second kappa shape index (κ2) is 11.6. The van der Waals surface area contributed by atoms with Crippen LogP contribution in [0.25, 0.3) is 0 Å². The fourth-order valence-corrected chi connectivity index (χ4v) is 2.92. The van der Waals surface area contributed by atoms with Crippen molar-refractivity contribution in [3.8, 4) is 0 Å². The predicted molar refractivity (Wildman–Crippen MR) is 88.0 cm³/mol. The first-order valence-electron chi connectivity index (χ1n) is 7.57. The Balaban J connectivity index is 0.00000180. The molecule has 2 N–H and O–H groups in total. The number of hydrogen-bond acceptors (Lipinski definition) is 3. The molecule has 0 saturated carbocycles. The highest BCUT2D eigenvalue weighted by Gasteiger charge is 2.20. The number of nitrogens with one attached hydrogen (secondary N) is 2. The Kier molecular flexibility index (Phi) is 11.6. The summed E-state index contributed by atoms with van der Waals surface area (Å²) in [6.07, 6.45) is 7.35. The van der Waals surface area contributed by atoms with Crippen LogP contribution in [0.1, 0.15) is 38.5 Å². The lowest BCUT2D eigenvalue weighted by atomic mass is 9.99.